The van der Waals surface area contributed by atoms with E-state index in [1.54, 1.807) is 6.92 Å². The third-order valence-electron chi connectivity index (χ3n) is 2.77. The zero-order chi connectivity index (χ0) is 14.2. The molecule has 7 heteroatoms. The fraction of sp³-hybridized carbons (Fsp3) is 0.250. The molecule has 1 aromatic carbocycles. The van der Waals surface area contributed by atoms with E-state index in [2.05, 4.69) is 5.10 Å². The Hall–Kier alpha value is -2.49. The molecule has 0 radical (unpaired) electrons. The highest BCUT2D eigenvalue weighted by molar-refractivity contribution is 5.41. The highest BCUT2D eigenvalue weighted by Crippen LogP contribution is 2.16. The summed E-state index contributed by atoms with van der Waals surface area (Å²) >= 11 is 0. The number of rotatable bonds is 2. The highest BCUT2D eigenvalue weighted by atomic mass is 19.1. The van der Waals surface area contributed by atoms with Gasteiger partial charge < -0.3 is 0 Å². The van der Waals surface area contributed by atoms with Crippen LogP contribution in [0, 0.1) is 23.0 Å². The second kappa shape index (κ2) is 4.65. The molecule has 0 spiro atoms. The van der Waals surface area contributed by atoms with E-state index in [0.717, 1.165) is 16.8 Å². The van der Waals surface area contributed by atoms with Crippen LogP contribution in [-0.4, -0.2) is 14.3 Å². The van der Waals surface area contributed by atoms with Gasteiger partial charge in [-0.05, 0) is 6.07 Å². The van der Waals surface area contributed by atoms with Gasteiger partial charge in [-0.1, -0.05) is 6.92 Å². The van der Waals surface area contributed by atoms with Crippen molar-refractivity contribution in [1.29, 1.82) is 5.26 Å². The number of aromatic nitrogens is 3. The van der Waals surface area contributed by atoms with Crippen molar-refractivity contribution in [2.75, 3.05) is 0 Å². The van der Waals surface area contributed by atoms with E-state index in [0.29, 0.717) is 12.2 Å². The van der Waals surface area contributed by atoms with E-state index < -0.39 is 22.9 Å². The second-order valence-electron chi connectivity index (χ2n) is 3.92. The molecule has 98 valence electrons. The Labute approximate surface area is 107 Å². The van der Waals surface area contributed by atoms with Crippen LogP contribution in [0.15, 0.2) is 16.9 Å². The molecule has 2 aromatic rings. The van der Waals surface area contributed by atoms with E-state index >= 15 is 0 Å². The first-order valence-corrected chi connectivity index (χ1v) is 5.54. The third kappa shape index (κ3) is 2.01. The quantitative estimate of drug-likeness (QED) is 0.820. The normalized spacial score (nSPS) is 10.5. The van der Waals surface area contributed by atoms with Crippen molar-refractivity contribution in [2.24, 2.45) is 7.05 Å². The van der Waals surface area contributed by atoms with E-state index in [1.165, 1.54) is 17.7 Å². The minimum atomic E-state index is -0.894. The predicted molar refractivity (Wildman–Crippen MR) is 62.8 cm³/mol. The zero-order valence-corrected chi connectivity index (χ0v) is 10.3. The Morgan fingerprint density at radius 3 is 2.58 bits per heavy atom. The van der Waals surface area contributed by atoms with Crippen LogP contribution in [0.2, 0.25) is 0 Å². The van der Waals surface area contributed by atoms with Gasteiger partial charge in [0.25, 0.3) is 0 Å². The SMILES string of the molecule is CCc1nn(-c2cc(F)c(C#N)cc2F)c(=O)n1C. The average Bonchev–Trinajstić information content (AvgIpc) is 2.68. The molecule has 0 atom stereocenters. The van der Waals surface area contributed by atoms with Gasteiger partial charge in [0.2, 0.25) is 0 Å². The summed E-state index contributed by atoms with van der Waals surface area (Å²) in [5, 5.41) is 12.5. The topological polar surface area (TPSA) is 63.6 Å². The van der Waals surface area contributed by atoms with Gasteiger partial charge in [0, 0.05) is 19.5 Å². The first-order chi connectivity index (χ1) is 8.99. The van der Waals surface area contributed by atoms with Gasteiger partial charge in [0.15, 0.2) is 5.82 Å². The van der Waals surface area contributed by atoms with E-state index in [4.69, 9.17) is 5.26 Å². The molecule has 0 amide bonds. The molecule has 0 bridgehead atoms. The number of halogens is 2. The number of nitriles is 1. The molecule has 19 heavy (non-hydrogen) atoms. The van der Waals surface area contributed by atoms with Crippen molar-refractivity contribution in [1.82, 2.24) is 14.3 Å². The molecule has 2 rings (SSSR count). The van der Waals surface area contributed by atoms with Crippen molar-refractivity contribution in [3.63, 3.8) is 0 Å². The number of benzene rings is 1. The number of hydrogen-bond acceptors (Lipinski definition) is 3. The lowest BCUT2D eigenvalue weighted by atomic mass is 10.2. The van der Waals surface area contributed by atoms with Gasteiger partial charge in [-0.15, -0.1) is 5.10 Å². The molecule has 5 nitrogen and oxygen atoms in total. The maximum absolute atomic E-state index is 13.8. The van der Waals surface area contributed by atoms with Crippen LogP contribution >= 0.6 is 0 Å². The maximum atomic E-state index is 13.8. The van der Waals surface area contributed by atoms with Gasteiger partial charge in [0.1, 0.15) is 23.4 Å². The summed E-state index contributed by atoms with van der Waals surface area (Å²) in [6, 6.07) is 3.07. The van der Waals surface area contributed by atoms with Crippen LogP contribution in [0.4, 0.5) is 8.78 Å². The van der Waals surface area contributed by atoms with E-state index in [9.17, 15) is 13.6 Å². The van der Waals surface area contributed by atoms with Crippen LogP contribution in [0.3, 0.4) is 0 Å². The van der Waals surface area contributed by atoms with Crippen molar-refractivity contribution in [3.05, 3.63) is 45.6 Å². The zero-order valence-electron chi connectivity index (χ0n) is 10.3. The summed E-state index contributed by atoms with van der Waals surface area (Å²) in [6.45, 7) is 1.79. The average molecular weight is 264 g/mol. The fourth-order valence-corrected chi connectivity index (χ4v) is 1.73. The van der Waals surface area contributed by atoms with Gasteiger partial charge in [-0.3, -0.25) is 4.57 Å². The molecule has 0 unspecified atom stereocenters. The lowest BCUT2D eigenvalue weighted by Gasteiger charge is -2.02. The maximum Gasteiger partial charge on any atom is 0.350 e. The van der Waals surface area contributed by atoms with Crippen molar-refractivity contribution < 1.29 is 8.78 Å². The molecule has 0 fully saturated rings. The van der Waals surface area contributed by atoms with Gasteiger partial charge >= 0.3 is 5.69 Å². The van der Waals surface area contributed by atoms with Crippen LogP contribution in [0.25, 0.3) is 5.69 Å². The molecule has 0 aliphatic carbocycles. The summed E-state index contributed by atoms with van der Waals surface area (Å²) in [5.41, 5.74) is -1.29. The Balaban J connectivity index is 2.70. The Bertz CT molecular complexity index is 739. The summed E-state index contributed by atoms with van der Waals surface area (Å²) in [4.78, 5) is 11.9. The third-order valence-corrected chi connectivity index (χ3v) is 2.77. The Kier molecular flexibility index (Phi) is 3.17. The number of nitrogens with zero attached hydrogens (tertiary/aromatic N) is 4. The molecule has 0 aliphatic rings. The first-order valence-electron chi connectivity index (χ1n) is 5.54. The van der Waals surface area contributed by atoms with Crippen LogP contribution in [-0.2, 0) is 13.5 Å². The van der Waals surface area contributed by atoms with Crippen molar-refractivity contribution in [2.45, 2.75) is 13.3 Å². The van der Waals surface area contributed by atoms with Crippen LogP contribution < -0.4 is 5.69 Å². The number of hydrogen-bond donors (Lipinski definition) is 0. The molecule has 0 saturated carbocycles. The van der Waals surface area contributed by atoms with Gasteiger partial charge in [-0.25, -0.2) is 13.6 Å². The van der Waals surface area contributed by atoms with E-state index in [-0.39, 0.29) is 5.69 Å². The molecular weight excluding hydrogens is 254 g/mol. The van der Waals surface area contributed by atoms with Crippen LogP contribution in [0.1, 0.15) is 18.3 Å². The second-order valence-corrected chi connectivity index (χ2v) is 3.92. The largest absolute Gasteiger partial charge is 0.350 e. The smallest absolute Gasteiger partial charge is 0.282 e. The van der Waals surface area contributed by atoms with E-state index in [1.807, 2.05) is 0 Å². The van der Waals surface area contributed by atoms with Gasteiger partial charge in [-0.2, -0.15) is 9.94 Å². The molecular formula is C12H10F2N4O. The summed E-state index contributed by atoms with van der Waals surface area (Å²) < 4.78 is 29.3. The summed E-state index contributed by atoms with van der Waals surface area (Å²) in [5.74, 6) is -1.32. The Morgan fingerprint density at radius 2 is 2.05 bits per heavy atom. The molecule has 0 aliphatic heterocycles. The van der Waals surface area contributed by atoms with Crippen molar-refractivity contribution >= 4 is 0 Å². The monoisotopic (exact) mass is 264 g/mol. The predicted octanol–water partition coefficient (Wildman–Crippen LogP) is 1.28. The lowest BCUT2D eigenvalue weighted by molar-refractivity contribution is 0.580. The van der Waals surface area contributed by atoms with Crippen LogP contribution in [0.5, 0.6) is 0 Å². The number of aryl methyl sites for hydroxylation is 1. The minimum Gasteiger partial charge on any atom is -0.282 e. The summed E-state index contributed by atoms with van der Waals surface area (Å²) in [6.07, 6.45) is 0.485. The summed E-state index contributed by atoms with van der Waals surface area (Å²) in [7, 11) is 1.50. The molecule has 0 N–H and O–H groups in total. The standard InChI is InChI=1S/C12H10F2N4O/c1-3-11-16-18(12(19)17(11)2)10-5-8(13)7(6-15)4-9(10)14/h4-5H,3H2,1-2H3. The van der Waals surface area contributed by atoms with Gasteiger partial charge in [0.05, 0.1) is 5.56 Å². The molecule has 1 heterocycles. The lowest BCUT2D eigenvalue weighted by Crippen LogP contribution is -2.23. The first kappa shape index (κ1) is 13.0. The fourth-order valence-electron chi connectivity index (χ4n) is 1.73. The molecule has 0 saturated heterocycles. The molecule has 1 aromatic heterocycles. The Morgan fingerprint density at radius 1 is 1.37 bits per heavy atom. The van der Waals surface area contributed by atoms with Crippen molar-refractivity contribution in [3.8, 4) is 11.8 Å². The highest BCUT2D eigenvalue weighted by Gasteiger charge is 2.16. The minimum absolute atomic E-state index is 0.309.